The van der Waals surface area contributed by atoms with Gasteiger partial charge in [-0.05, 0) is 29.3 Å². The largest absolute Gasteiger partial charge is 0.352 e. The van der Waals surface area contributed by atoms with Crippen molar-refractivity contribution in [2.24, 2.45) is 4.99 Å². The molecule has 0 spiro atoms. The molecule has 1 aromatic carbocycles. The molecule has 3 aromatic rings. The number of aromatic nitrogens is 3. The number of pyridine rings is 1. The first-order valence-electron chi connectivity index (χ1n) is 8.17. The van der Waals surface area contributed by atoms with E-state index in [9.17, 15) is 0 Å². The molecule has 0 fully saturated rings. The van der Waals surface area contributed by atoms with Crippen molar-refractivity contribution in [2.45, 2.75) is 13.1 Å². The summed E-state index contributed by atoms with van der Waals surface area (Å²) in [5.41, 5.74) is 2.37. The number of guanidine groups is 1. The molecule has 0 aliphatic carbocycles. The highest BCUT2D eigenvalue weighted by Crippen LogP contribution is 2.07. The number of hydrogen-bond acceptors (Lipinski definition) is 3. The van der Waals surface area contributed by atoms with Gasteiger partial charge in [0.15, 0.2) is 11.8 Å². The van der Waals surface area contributed by atoms with E-state index in [0.717, 1.165) is 23.9 Å². The molecular weight excluding hydrogens is 439 g/mol. The van der Waals surface area contributed by atoms with Crippen molar-refractivity contribution in [3.63, 3.8) is 0 Å². The fourth-order valence-corrected chi connectivity index (χ4v) is 2.60. The minimum atomic E-state index is 0. The molecule has 2 aromatic heterocycles. The monoisotopic (exact) mass is 462 g/mol. The summed E-state index contributed by atoms with van der Waals surface area (Å²) in [6, 6.07) is 16.2. The second kappa shape index (κ2) is 9.91. The Labute approximate surface area is 171 Å². The Morgan fingerprint density at radius 1 is 1.12 bits per heavy atom. The molecule has 0 aliphatic rings. The smallest absolute Gasteiger partial charge is 0.193 e. The minimum absolute atomic E-state index is 0. The SMILES string of the molecule is CN=C(NCc1ccnc(-n2cccn2)c1)N(C)Cc1ccccc1.I. The Hall–Kier alpha value is -2.42. The predicted molar refractivity (Wildman–Crippen MR) is 115 cm³/mol. The summed E-state index contributed by atoms with van der Waals surface area (Å²) >= 11 is 0. The van der Waals surface area contributed by atoms with E-state index in [-0.39, 0.29) is 24.0 Å². The van der Waals surface area contributed by atoms with Gasteiger partial charge in [-0.25, -0.2) is 9.67 Å². The molecule has 0 saturated carbocycles. The van der Waals surface area contributed by atoms with Crippen molar-refractivity contribution < 1.29 is 0 Å². The van der Waals surface area contributed by atoms with E-state index in [0.29, 0.717) is 6.54 Å². The van der Waals surface area contributed by atoms with Crippen LogP contribution in [-0.2, 0) is 13.1 Å². The minimum Gasteiger partial charge on any atom is -0.352 e. The van der Waals surface area contributed by atoms with Crippen LogP contribution in [0.25, 0.3) is 5.82 Å². The summed E-state index contributed by atoms with van der Waals surface area (Å²) in [6.45, 7) is 1.47. The number of nitrogens with zero attached hydrogens (tertiary/aromatic N) is 5. The fourth-order valence-electron chi connectivity index (χ4n) is 2.60. The van der Waals surface area contributed by atoms with Crippen molar-refractivity contribution in [1.29, 1.82) is 0 Å². The van der Waals surface area contributed by atoms with Gasteiger partial charge in [0.25, 0.3) is 0 Å². The van der Waals surface area contributed by atoms with E-state index < -0.39 is 0 Å². The van der Waals surface area contributed by atoms with Crippen molar-refractivity contribution in [3.8, 4) is 5.82 Å². The Morgan fingerprint density at radius 2 is 1.92 bits per heavy atom. The molecule has 1 N–H and O–H groups in total. The highest BCUT2D eigenvalue weighted by atomic mass is 127. The van der Waals surface area contributed by atoms with E-state index in [4.69, 9.17) is 0 Å². The zero-order chi connectivity index (χ0) is 17.5. The normalized spacial score (nSPS) is 10.9. The van der Waals surface area contributed by atoms with Crippen molar-refractivity contribution in [1.82, 2.24) is 25.0 Å². The quantitative estimate of drug-likeness (QED) is 0.360. The number of hydrogen-bond donors (Lipinski definition) is 1. The van der Waals surface area contributed by atoms with Gasteiger partial charge in [-0.1, -0.05) is 30.3 Å². The molecule has 0 atom stereocenters. The van der Waals surface area contributed by atoms with Crippen molar-refractivity contribution in [2.75, 3.05) is 14.1 Å². The zero-order valence-corrected chi connectivity index (χ0v) is 17.2. The van der Waals surface area contributed by atoms with Crippen LogP contribution in [0.4, 0.5) is 0 Å². The van der Waals surface area contributed by atoms with E-state index in [2.05, 4.69) is 37.4 Å². The van der Waals surface area contributed by atoms with Gasteiger partial charge in [-0.15, -0.1) is 24.0 Å². The third kappa shape index (κ3) is 5.29. The Bertz CT molecular complexity index is 817. The van der Waals surface area contributed by atoms with Gasteiger partial charge < -0.3 is 10.2 Å². The van der Waals surface area contributed by atoms with Gasteiger partial charge in [0.2, 0.25) is 0 Å². The summed E-state index contributed by atoms with van der Waals surface area (Å²) < 4.78 is 1.75. The predicted octanol–water partition coefficient (Wildman–Crippen LogP) is 3.09. The molecule has 0 saturated heterocycles. The molecule has 0 aliphatic heterocycles. The van der Waals surface area contributed by atoms with Crippen LogP contribution in [-0.4, -0.2) is 39.7 Å². The number of rotatable bonds is 5. The van der Waals surface area contributed by atoms with Gasteiger partial charge in [-0.2, -0.15) is 5.10 Å². The van der Waals surface area contributed by atoms with E-state index in [1.54, 1.807) is 24.1 Å². The maximum absolute atomic E-state index is 4.37. The third-order valence-corrected chi connectivity index (χ3v) is 3.84. The fraction of sp³-hybridized carbons (Fsp3) is 0.211. The first-order valence-corrected chi connectivity index (χ1v) is 8.17. The van der Waals surface area contributed by atoms with Gasteiger partial charge in [0.05, 0.1) is 0 Å². The topological polar surface area (TPSA) is 58.3 Å². The summed E-state index contributed by atoms with van der Waals surface area (Å²) in [5.74, 6) is 1.65. The van der Waals surface area contributed by atoms with Crippen LogP contribution in [0.3, 0.4) is 0 Å². The summed E-state index contributed by atoms with van der Waals surface area (Å²) in [6.07, 6.45) is 5.42. The van der Waals surface area contributed by atoms with Crippen LogP contribution in [0.5, 0.6) is 0 Å². The lowest BCUT2D eigenvalue weighted by Gasteiger charge is -2.22. The molecule has 3 rings (SSSR count). The average molecular weight is 462 g/mol. The molecule has 0 amide bonds. The molecule has 7 heteroatoms. The first kappa shape index (κ1) is 19.9. The van der Waals surface area contributed by atoms with Crippen LogP contribution < -0.4 is 5.32 Å². The highest BCUT2D eigenvalue weighted by molar-refractivity contribution is 14.0. The molecular formula is C19H23IN6. The highest BCUT2D eigenvalue weighted by Gasteiger charge is 2.07. The summed E-state index contributed by atoms with van der Waals surface area (Å²) in [7, 11) is 3.83. The number of benzene rings is 1. The lowest BCUT2D eigenvalue weighted by atomic mass is 10.2. The number of halogens is 1. The standard InChI is InChI=1S/C19H22N6.HI/c1-20-19(24(2)15-16-7-4-3-5-8-16)22-14-17-9-11-21-18(13-17)25-12-6-10-23-25;/h3-13H,14-15H2,1-2H3,(H,20,22);1H. The van der Waals surface area contributed by atoms with Gasteiger partial charge in [0, 0.05) is 45.8 Å². The average Bonchev–Trinajstić information content (AvgIpc) is 3.18. The van der Waals surface area contributed by atoms with Crippen LogP contribution >= 0.6 is 24.0 Å². The maximum atomic E-state index is 4.37. The van der Waals surface area contributed by atoms with Crippen LogP contribution in [0.15, 0.2) is 72.1 Å². The molecule has 0 bridgehead atoms. The summed E-state index contributed by atoms with van der Waals surface area (Å²) in [5, 5.41) is 7.61. The number of aliphatic imine (C=N–C) groups is 1. The molecule has 0 unspecified atom stereocenters. The second-order valence-electron chi connectivity index (χ2n) is 5.72. The second-order valence-corrected chi connectivity index (χ2v) is 5.72. The van der Waals surface area contributed by atoms with E-state index >= 15 is 0 Å². The lowest BCUT2D eigenvalue weighted by molar-refractivity contribution is 0.476. The Kier molecular flexibility index (Phi) is 7.58. The van der Waals surface area contributed by atoms with Gasteiger partial charge >= 0.3 is 0 Å². The molecule has 0 radical (unpaired) electrons. The first-order chi connectivity index (χ1) is 12.3. The van der Waals surface area contributed by atoms with Gasteiger partial charge in [-0.3, -0.25) is 4.99 Å². The lowest BCUT2D eigenvalue weighted by Crippen LogP contribution is -2.38. The van der Waals surface area contributed by atoms with E-state index in [1.165, 1.54) is 5.56 Å². The number of nitrogens with one attached hydrogen (secondary N) is 1. The van der Waals surface area contributed by atoms with Crippen LogP contribution in [0, 0.1) is 0 Å². The maximum Gasteiger partial charge on any atom is 0.193 e. The van der Waals surface area contributed by atoms with Crippen LogP contribution in [0.1, 0.15) is 11.1 Å². The molecule has 136 valence electrons. The third-order valence-electron chi connectivity index (χ3n) is 3.84. The Balaban J connectivity index is 0.00000243. The van der Waals surface area contributed by atoms with Gasteiger partial charge in [0.1, 0.15) is 0 Å². The van der Waals surface area contributed by atoms with E-state index in [1.807, 2.05) is 49.6 Å². The molecule has 6 nitrogen and oxygen atoms in total. The summed E-state index contributed by atoms with van der Waals surface area (Å²) in [4.78, 5) is 10.8. The Morgan fingerprint density at radius 3 is 2.62 bits per heavy atom. The van der Waals surface area contributed by atoms with Crippen molar-refractivity contribution >= 4 is 29.9 Å². The van der Waals surface area contributed by atoms with Crippen LogP contribution in [0.2, 0.25) is 0 Å². The molecule has 2 heterocycles. The van der Waals surface area contributed by atoms with Crippen molar-refractivity contribution in [3.05, 3.63) is 78.2 Å². The molecule has 26 heavy (non-hydrogen) atoms. The zero-order valence-electron chi connectivity index (χ0n) is 14.9.